The molecule has 2 aromatic carbocycles. The van der Waals surface area contributed by atoms with E-state index in [0.717, 1.165) is 21.9 Å². The van der Waals surface area contributed by atoms with Crippen molar-refractivity contribution in [1.82, 2.24) is 0 Å². The van der Waals surface area contributed by atoms with Crippen LogP contribution in [-0.4, -0.2) is 11.1 Å². The maximum absolute atomic E-state index is 11.2. The third-order valence-corrected chi connectivity index (χ3v) is 3.97. The van der Waals surface area contributed by atoms with E-state index in [4.69, 9.17) is 0 Å². The van der Waals surface area contributed by atoms with E-state index >= 15 is 0 Å². The van der Waals surface area contributed by atoms with E-state index in [1.165, 1.54) is 10.8 Å². The predicted octanol–water partition coefficient (Wildman–Crippen LogP) is 4.80. The second-order valence-electron chi connectivity index (χ2n) is 5.19. The summed E-state index contributed by atoms with van der Waals surface area (Å²) in [6.45, 7) is 0. The molecule has 2 heteroatoms. The van der Waals surface area contributed by atoms with E-state index in [2.05, 4.69) is 30.3 Å². The highest BCUT2D eigenvalue weighted by molar-refractivity contribution is 6.12. The van der Waals surface area contributed by atoms with Crippen molar-refractivity contribution in [2.75, 3.05) is 0 Å². The van der Waals surface area contributed by atoms with Crippen molar-refractivity contribution in [2.24, 2.45) is 0 Å². The van der Waals surface area contributed by atoms with Gasteiger partial charge < -0.3 is 5.11 Å². The molecule has 0 spiro atoms. The van der Waals surface area contributed by atoms with Gasteiger partial charge in [-0.15, -0.1) is 0 Å². The van der Waals surface area contributed by atoms with Crippen molar-refractivity contribution in [2.45, 2.75) is 0 Å². The van der Waals surface area contributed by atoms with E-state index in [1.807, 2.05) is 24.3 Å². The summed E-state index contributed by atoms with van der Waals surface area (Å²) < 4.78 is 0. The number of fused-ring (bicyclic) bond motifs is 5. The van der Waals surface area contributed by atoms with Crippen molar-refractivity contribution in [3.8, 4) is 11.1 Å². The summed E-state index contributed by atoms with van der Waals surface area (Å²) in [7, 11) is 0. The summed E-state index contributed by atoms with van der Waals surface area (Å²) in [5, 5.41) is 13.8. The second-order valence-corrected chi connectivity index (χ2v) is 5.19. The fourth-order valence-corrected chi connectivity index (χ4v) is 2.98. The van der Waals surface area contributed by atoms with E-state index in [9.17, 15) is 9.90 Å². The Bertz CT molecular complexity index is 969. The quantitative estimate of drug-likeness (QED) is 0.540. The molecule has 0 amide bonds. The zero-order valence-electron chi connectivity index (χ0n) is 11.2. The zero-order chi connectivity index (χ0) is 14.4. The number of aromatic carboxylic acids is 1. The molecule has 1 N–H and O–H groups in total. The van der Waals surface area contributed by atoms with Gasteiger partial charge in [-0.1, -0.05) is 54.6 Å². The molecule has 0 heterocycles. The number of carboxylic acid groups (broad SMARTS) is 1. The summed E-state index contributed by atoms with van der Waals surface area (Å²) >= 11 is 0. The van der Waals surface area contributed by atoms with Gasteiger partial charge in [0.25, 0.3) is 0 Å². The van der Waals surface area contributed by atoms with Crippen molar-refractivity contribution < 1.29 is 9.90 Å². The van der Waals surface area contributed by atoms with Crippen molar-refractivity contribution in [1.29, 1.82) is 0 Å². The average Bonchev–Trinajstić information content (AvgIpc) is 2.84. The summed E-state index contributed by atoms with van der Waals surface area (Å²) in [5.74, 6) is -0.886. The van der Waals surface area contributed by atoms with Crippen LogP contribution in [0.15, 0.2) is 66.7 Å². The van der Waals surface area contributed by atoms with Gasteiger partial charge in [0.15, 0.2) is 0 Å². The standard InChI is InChI=1S/C19H12O2/c20-19(21)14-10-13-5-3-7-16-15-6-2-1-4-12(15)8-9-17(16)18(13)11-14/h1-11H,(H,20,21). The van der Waals surface area contributed by atoms with Gasteiger partial charge in [-0.25, -0.2) is 4.79 Å². The summed E-state index contributed by atoms with van der Waals surface area (Å²) in [4.78, 5) is 11.2. The first-order valence-electron chi connectivity index (χ1n) is 6.81. The lowest BCUT2D eigenvalue weighted by atomic mass is 10.0. The van der Waals surface area contributed by atoms with Crippen LogP contribution in [0.5, 0.6) is 0 Å². The monoisotopic (exact) mass is 272 g/mol. The van der Waals surface area contributed by atoms with Crippen LogP contribution in [0.4, 0.5) is 0 Å². The molecule has 2 nitrogen and oxygen atoms in total. The number of carbonyl (C=O) groups is 1. The highest BCUT2D eigenvalue weighted by Gasteiger charge is 2.13. The zero-order valence-corrected chi connectivity index (χ0v) is 11.2. The van der Waals surface area contributed by atoms with Gasteiger partial charge in [0.2, 0.25) is 0 Å². The number of benzene rings is 2. The van der Waals surface area contributed by atoms with Crippen LogP contribution < -0.4 is 0 Å². The summed E-state index contributed by atoms with van der Waals surface area (Å²) in [6.07, 6.45) is 0. The molecule has 2 aliphatic rings. The topological polar surface area (TPSA) is 37.3 Å². The van der Waals surface area contributed by atoms with E-state index < -0.39 is 5.97 Å². The Morgan fingerprint density at radius 1 is 0.762 bits per heavy atom. The highest BCUT2D eigenvalue weighted by atomic mass is 16.4. The first-order valence-corrected chi connectivity index (χ1v) is 6.81. The molecule has 21 heavy (non-hydrogen) atoms. The lowest BCUT2D eigenvalue weighted by Gasteiger charge is -2.03. The van der Waals surface area contributed by atoms with Crippen LogP contribution in [0.1, 0.15) is 10.4 Å². The number of rotatable bonds is 1. The van der Waals surface area contributed by atoms with Gasteiger partial charge >= 0.3 is 5.97 Å². The van der Waals surface area contributed by atoms with E-state index in [0.29, 0.717) is 5.56 Å². The Kier molecular flexibility index (Phi) is 2.45. The molecular weight excluding hydrogens is 260 g/mol. The highest BCUT2D eigenvalue weighted by Crippen LogP contribution is 2.35. The van der Waals surface area contributed by atoms with Gasteiger partial charge in [0.1, 0.15) is 0 Å². The minimum Gasteiger partial charge on any atom is -0.478 e. The third-order valence-electron chi connectivity index (χ3n) is 3.97. The van der Waals surface area contributed by atoms with Crippen LogP contribution in [0.2, 0.25) is 0 Å². The molecule has 0 unspecified atom stereocenters. The lowest BCUT2D eigenvalue weighted by molar-refractivity contribution is 0.0697. The normalized spacial score (nSPS) is 11.2. The molecule has 2 aromatic rings. The lowest BCUT2D eigenvalue weighted by Crippen LogP contribution is -1.91. The molecule has 0 saturated heterocycles. The fraction of sp³-hybridized carbons (Fsp3) is 0. The minimum atomic E-state index is -0.886. The molecular formula is C19H12O2. The van der Waals surface area contributed by atoms with Gasteiger partial charge in [0, 0.05) is 0 Å². The Balaban J connectivity index is 2.19. The molecule has 0 saturated carbocycles. The Hall–Kier alpha value is -2.87. The summed E-state index contributed by atoms with van der Waals surface area (Å²) in [5.41, 5.74) is 2.28. The van der Waals surface area contributed by atoms with Crippen molar-refractivity contribution in [3.05, 3.63) is 72.3 Å². The predicted molar refractivity (Wildman–Crippen MR) is 85.0 cm³/mol. The van der Waals surface area contributed by atoms with Crippen LogP contribution in [0.25, 0.3) is 32.7 Å². The molecule has 0 aromatic heterocycles. The maximum Gasteiger partial charge on any atom is 0.335 e. The van der Waals surface area contributed by atoms with Gasteiger partial charge in [-0.2, -0.15) is 0 Å². The van der Waals surface area contributed by atoms with E-state index in [1.54, 1.807) is 12.1 Å². The number of hydrogen-bond acceptors (Lipinski definition) is 1. The van der Waals surface area contributed by atoms with Crippen LogP contribution in [-0.2, 0) is 0 Å². The smallest absolute Gasteiger partial charge is 0.335 e. The fourth-order valence-electron chi connectivity index (χ4n) is 2.98. The van der Waals surface area contributed by atoms with E-state index in [-0.39, 0.29) is 0 Å². The number of carboxylic acids is 1. The van der Waals surface area contributed by atoms with Crippen LogP contribution >= 0.6 is 0 Å². The maximum atomic E-state index is 11.2. The Morgan fingerprint density at radius 3 is 2.43 bits per heavy atom. The van der Waals surface area contributed by atoms with Gasteiger partial charge in [0.05, 0.1) is 5.56 Å². The first-order chi connectivity index (χ1) is 10.2. The van der Waals surface area contributed by atoms with Crippen LogP contribution in [0.3, 0.4) is 0 Å². The molecule has 2 aliphatic carbocycles. The average molecular weight is 272 g/mol. The second kappa shape index (κ2) is 4.32. The number of hydrogen-bond donors (Lipinski definition) is 1. The molecule has 0 bridgehead atoms. The SMILES string of the molecule is O=C(O)c1cc2cccc3c(ccc4ccccc43)c-2c1. The molecule has 0 aliphatic heterocycles. The molecule has 0 radical (unpaired) electrons. The minimum absolute atomic E-state index is 0.339. The van der Waals surface area contributed by atoms with Crippen molar-refractivity contribution in [3.63, 3.8) is 0 Å². The molecule has 100 valence electrons. The third kappa shape index (κ3) is 1.77. The molecule has 4 rings (SSSR count). The largest absolute Gasteiger partial charge is 0.478 e. The molecule has 0 atom stereocenters. The summed E-state index contributed by atoms with van der Waals surface area (Å²) in [6, 6.07) is 21.9. The van der Waals surface area contributed by atoms with Crippen LogP contribution in [0, 0.1) is 0 Å². The Morgan fingerprint density at radius 2 is 1.57 bits per heavy atom. The first kappa shape index (κ1) is 11.9. The van der Waals surface area contributed by atoms with Gasteiger partial charge in [-0.05, 0) is 44.8 Å². The molecule has 0 fully saturated rings. The Labute approximate surface area is 121 Å². The van der Waals surface area contributed by atoms with Crippen molar-refractivity contribution >= 4 is 27.5 Å². The van der Waals surface area contributed by atoms with Gasteiger partial charge in [-0.3, -0.25) is 0 Å².